The lowest BCUT2D eigenvalue weighted by atomic mass is 10.2. The number of nitrogens with zero attached hydrogens (tertiary/aromatic N) is 1. The molecule has 2 saturated heterocycles. The maximum atomic E-state index is 11.7. The first kappa shape index (κ1) is 12.4. The van der Waals surface area contributed by atoms with Gasteiger partial charge in [-0.15, -0.1) is 0 Å². The Morgan fingerprint density at radius 1 is 1.53 bits per heavy atom. The number of thioether (sulfide) groups is 1. The number of carbonyl (C=O) groups excluding carboxylic acids is 3. The minimum atomic E-state index is 0.0545. The van der Waals surface area contributed by atoms with E-state index in [9.17, 15) is 14.4 Å². The van der Waals surface area contributed by atoms with Crippen LogP contribution in [0, 0.1) is 0 Å². The Bertz CT molecular complexity index is 359. The third-order valence-electron chi connectivity index (χ3n) is 3.04. The molecule has 1 N–H and O–H groups in total. The lowest BCUT2D eigenvalue weighted by Crippen LogP contribution is -2.39. The highest BCUT2D eigenvalue weighted by molar-refractivity contribution is 8.14. The van der Waals surface area contributed by atoms with E-state index in [4.69, 9.17) is 0 Å². The van der Waals surface area contributed by atoms with Crippen LogP contribution in [-0.2, 0) is 14.4 Å². The van der Waals surface area contributed by atoms with E-state index in [0.717, 1.165) is 6.42 Å². The fourth-order valence-corrected chi connectivity index (χ4v) is 3.26. The summed E-state index contributed by atoms with van der Waals surface area (Å²) >= 11 is 1.24. The number of amides is 2. The van der Waals surface area contributed by atoms with Crippen molar-refractivity contribution in [2.24, 2.45) is 0 Å². The van der Waals surface area contributed by atoms with Crippen LogP contribution in [0.15, 0.2) is 0 Å². The van der Waals surface area contributed by atoms with Crippen molar-refractivity contribution in [3.63, 3.8) is 0 Å². The molecule has 2 amide bonds. The second-order valence-electron chi connectivity index (χ2n) is 4.54. The van der Waals surface area contributed by atoms with E-state index >= 15 is 0 Å². The molecule has 5 nitrogen and oxygen atoms in total. The highest BCUT2D eigenvalue weighted by Crippen LogP contribution is 2.24. The van der Waals surface area contributed by atoms with Gasteiger partial charge in [0.2, 0.25) is 11.8 Å². The lowest BCUT2D eigenvalue weighted by Gasteiger charge is -2.20. The Balaban J connectivity index is 1.83. The van der Waals surface area contributed by atoms with Crippen molar-refractivity contribution in [3.8, 4) is 0 Å². The maximum Gasteiger partial charge on any atom is 0.223 e. The third-order valence-corrected chi connectivity index (χ3v) is 4.02. The van der Waals surface area contributed by atoms with Crippen LogP contribution < -0.4 is 5.32 Å². The fraction of sp³-hybridized carbons (Fsp3) is 0.727. The molecule has 6 heteroatoms. The van der Waals surface area contributed by atoms with Crippen LogP contribution in [0.5, 0.6) is 0 Å². The average Bonchev–Trinajstić information content (AvgIpc) is 2.74. The summed E-state index contributed by atoms with van der Waals surface area (Å²) in [6, 6.07) is 0.0903. The molecule has 2 aliphatic heterocycles. The van der Waals surface area contributed by atoms with Crippen molar-refractivity contribution in [1.29, 1.82) is 0 Å². The van der Waals surface area contributed by atoms with Crippen molar-refractivity contribution in [3.05, 3.63) is 0 Å². The van der Waals surface area contributed by atoms with Crippen LogP contribution in [0.4, 0.5) is 0 Å². The predicted molar refractivity (Wildman–Crippen MR) is 64.4 cm³/mol. The Labute approximate surface area is 104 Å². The van der Waals surface area contributed by atoms with Gasteiger partial charge in [0.1, 0.15) is 0 Å². The first-order valence-corrected chi connectivity index (χ1v) is 6.67. The first-order chi connectivity index (χ1) is 8.04. The van der Waals surface area contributed by atoms with Gasteiger partial charge >= 0.3 is 0 Å². The van der Waals surface area contributed by atoms with E-state index in [1.165, 1.54) is 18.7 Å². The van der Waals surface area contributed by atoms with Crippen molar-refractivity contribution < 1.29 is 14.4 Å². The summed E-state index contributed by atoms with van der Waals surface area (Å²) in [5.41, 5.74) is 0. The van der Waals surface area contributed by atoms with Crippen LogP contribution in [0.1, 0.15) is 26.2 Å². The minimum Gasteiger partial charge on any atom is -0.352 e. The quantitative estimate of drug-likeness (QED) is 0.780. The highest BCUT2D eigenvalue weighted by atomic mass is 32.2. The standard InChI is InChI=1S/C11H16N2O3S/c1-7(14)17-9-4-11(16)13(6-9)5-8-2-3-10(15)12-8/h8-9H,2-6H2,1H3,(H,12,15)/t8-,9?/m1/s1. The summed E-state index contributed by atoms with van der Waals surface area (Å²) in [6.07, 6.45) is 1.79. The zero-order valence-electron chi connectivity index (χ0n) is 9.77. The maximum absolute atomic E-state index is 11.7. The zero-order chi connectivity index (χ0) is 12.4. The third kappa shape index (κ3) is 3.21. The molecular weight excluding hydrogens is 240 g/mol. The molecule has 0 spiro atoms. The summed E-state index contributed by atoms with van der Waals surface area (Å²) in [6.45, 7) is 2.73. The van der Waals surface area contributed by atoms with E-state index in [-0.39, 0.29) is 28.2 Å². The molecule has 0 aromatic rings. The van der Waals surface area contributed by atoms with Gasteiger partial charge in [-0.05, 0) is 6.42 Å². The van der Waals surface area contributed by atoms with E-state index in [0.29, 0.717) is 25.9 Å². The number of likely N-dealkylation sites (tertiary alicyclic amines) is 1. The number of hydrogen-bond acceptors (Lipinski definition) is 4. The van der Waals surface area contributed by atoms with Crippen molar-refractivity contribution in [1.82, 2.24) is 10.2 Å². The smallest absolute Gasteiger partial charge is 0.223 e. The minimum absolute atomic E-state index is 0.0545. The Hall–Kier alpha value is -1.04. The van der Waals surface area contributed by atoms with Gasteiger partial charge in [-0.25, -0.2) is 0 Å². The van der Waals surface area contributed by atoms with E-state index in [2.05, 4.69) is 5.32 Å². The summed E-state index contributed by atoms with van der Waals surface area (Å²) < 4.78 is 0. The normalized spacial score (nSPS) is 28.6. The van der Waals surface area contributed by atoms with Crippen molar-refractivity contribution in [2.45, 2.75) is 37.5 Å². The SMILES string of the molecule is CC(=O)SC1CC(=O)N(C[C@H]2CCC(=O)N2)C1. The molecule has 2 heterocycles. The molecule has 17 heavy (non-hydrogen) atoms. The van der Waals surface area contributed by atoms with E-state index in [1.54, 1.807) is 4.90 Å². The van der Waals surface area contributed by atoms with Crippen LogP contribution >= 0.6 is 11.8 Å². The molecule has 2 atom stereocenters. The van der Waals surface area contributed by atoms with E-state index in [1.807, 2.05) is 0 Å². The molecule has 0 bridgehead atoms. The summed E-state index contributed by atoms with van der Waals surface area (Å²) in [4.78, 5) is 35.5. The van der Waals surface area contributed by atoms with Gasteiger partial charge in [0.25, 0.3) is 0 Å². The van der Waals surface area contributed by atoms with Gasteiger partial charge in [0.15, 0.2) is 5.12 Å². The Morgan fingerprint density at radius 2 is 2.29 bits per heavy atom. The largest absolute Gasteiger partial charge is 0.352 e. The second kappa shape index (κ2) is 5.08. The summed E-state index contributed by atoms with van der Waals surface area (Å²) in [5.74, 6) is 0.154. The summed E-state index contributed by atoms with van der Waals surface area (Å²) in [7, 11) is 0. The van der Waals surface area contributed by atoms with Crippen molar-refractivity contribution in [2.75, 3.05) is 13.1 Å². The van der Waals surface area contributed by atoms with Crippen LogP contribution in [0.25, 0.3) is 0 Å². The molecule has 2 rings (SSSR count). The molecule has 0 radical (unpaired) electrons. The van der Waals surface area contributed by atoms with Gasteiger partial charge < -0.3 is 10.2 Å². The number of rotatable bonds is 3. The van der Waals surface area contributed by atoms with Crippen LogP contribution in [0.3, 0.4) is 0 Å². The zero-order valence-corrected chi connectivity index (χ0v) is 10.6. The number of hydrogen-bond donors (Lipinski definition) is 1. The highest BCUT2D eigenvalue weighted by Gasteiger charge is 2.33. The molecular formula is C11H16N2O3S. The van der Waals surface area contributed by atoms with Crippen LogP contribution in [0.2, 0.25) is 0 Å². The second-order valence-corrected chi connectivity index (χ2v) is 6.01. The summed E-state index contributed by atoms with van der Waals surface area (Å²) in [5, 5.41) is 2.99. The molecule has 0 saturated carbocycles. The van der Waals surface area contributed by atoms with Gasteiger partial charge in [0, 0.05) is 44.1 Å². The number of carbonyl (C=O) groups is 3. The van der Waals surface area contributed by atoms with E-state index < -0.39 is 0 Å². The Kier molecular flexibility index (Phi) is 3.71. The monoisotopic (exact) mass is 256 g/mol. The fourth-order valence-electron chi connectivity index (χ4n) is 2.31. The number of nitrogens with one attached hydrogen (secondary N) is 1. The molecule has 94 valence electrons. The van der Waals surface area contributed by atoms with Gasteiger partial charge in [-0.2, -0.15) is 0 Å². The predicted octanol–water partition coefficient (Wildman–Crippen LogP) is 0.146. The topological polar surface area (TPSA) is 66.5 Å². The molecule has 1 unspecified atom stereocenters. The van der Waals surface area contributed by atoms with Crippen LogP contribution in [-0.4, -0.2) is 46.2 Å². The first-order valence-electron chi connectivity index (χ1n) is 5.79. The molecule has 2 fully saturated rings. The molecule has 0 aromatic heterocycles. The average molecular weight is 256 g/mol. The molecule has 0 aliphatic carbocycles. The molecule has 2 aliphatic rings. The van der Waals surface area contributed by atoms with Gasteiger partial charge in [-0.3, -0.25) is 14.4 Å². The van der Waals surface area contributed by atoms with Crippen molar-refractivity contribution >= 4 is 28.7 Å². The Morgan fingerprint density at radius 3 is 2.88 bits per heavy atom. The van der Waals surface area contributed by atoms with Gasteiger partial charge in [-0.1, -0.05) is 11.8 Å². The lowest BCUT2D eigenvalue weighted by molar-refractivity contribution is -0.128. The van der Waals surface area contributed by atoms with Gasteiger partial charge in [0.05, 0.1) is 0 Å². The molecule has 0 aromatic carbocycles.